The second kappa shape index (κ2) is 5.01. The van der Waals surface area contributed by atoms with Gasteiger partial charge < -0.3 is 5.73 Å². The molecule has 0 radical (unpaired) electrons. The molecule has 2 nitrogen and oxygen atoms in total. The minimum Gasteiger partial charge on any atom is -0.399 e. The Hall–Kier alpha value is -2.13. The van der Waals surface area contributed by atoms with Crippen LogP contribution in [0.25, 0.3) is 11.3 Å². The lowest BCUT2D eigenvalue weighted by molar-refractivity contribution is 0.735. The predicted molar refractivity (Wildman–Crippen MR) is 88.6 cm³/mol. The Labute approximate surface area is 128 Å². The van der Waals surface area contributed by atoms with Crippen molar-refractivity contribution >= 4 is 17.0 Å². The van der Waals surface area contributed by atoms with Gasteiger partial charge in [-0.2, -0.15) is 0 Å². The number of nitrogens with zero attached hydrogens (tertiary/aromatic N) is 1. The van der Waals surface area contributed by atoms with Gasteiger partial charge in [0.15, 0.2) is 0 Å². The number of hydrogen-bond donors (Lipinski definition) is 1. The van der Waals surface area contributed by atoms with Crippen molar-refractivity contribution in [3.63, 3.8) is 0 Å². The molecular formula is C18H16N2S. The number of fused-ring (bicyclic) bond motifs is 1. The fourth-order valence-electron chi connectivity index (χ4n) is 3.00. The molecule has 3 aromatic rings. The van der Waals surface area contributed by atoms with Crippen LogP contribution in [0.5, 0.6) is 0 Å². The van der Waals surface area contributed by atoms with Crippen LogP contribution >= 0.6 is 11.3 Å². The molecule has 21 heavy (non-hydrogen) atoms. The second-order valence-electron chi connectivity index (χ2n) is 5.57. The number of nitrogens with two attached hydrogens (primary N) is 1. The zero-order valence-electron chi connectivity index (χ0n) is 11.6. The van der Waals surface area contributed by atoms with Crippen LogP contribution in [0.4, 0.5) is 5.69 Å². The maximum atomic E-state index is 5.74. The monoisotopic (exact) mass is 292 g/mol. The number of anilines is 1. The summed E-state index contributed by atoms with van der Waals surface area (Å²) in [5.41, 5.74) is 11.7. The SMILES string of the molecule is Nc1ccc(-c2csc(C3Cc4ccccc4C3)n2)cc1. The molecule has 1 aliphatic rings. The number of nitrogen functional groups attached to an aromatic ring is 1. The Balaban J connectivity index is 1.60. The normalized spacial score (nSPS) is 14.3. The maximum Gasteiger partial charge on any atom is 0.0970 e. The van der Waals surface area contributed by atoms with Gasteiger partial charge in [0.25, 0.3) is 0 Å². The zero-order chi connectivity index (χ0) is 14.2. The molecule has 0 aliphatic heterocycles. The van der Waals surface area contributed by atoms with Gasteiger partial charge in [-0.1, -0.05) is 36.4 Å². The Morgan fingerprint density at radius 3 is 2.29 bits per heavy atom. The molecule has 0 spiro atoms. The van der Waals surface area contributed by atoms with E-state index in [0.29, 0.717) is 5.92 Å². The van der Waals surface area contributed by atoms with Gasteiger partial charge in [-0.05, 0) is 36.1 Å². The first-order valence-electron chi connectivity index (χ1n) is 7.18. The summed E-state index contributed by atoms with van der Waals surface area (Å²) in [6.45, 7) is 0. The average Bonchev–Trinajstić information content (AvgIpc) is 3.14. The lowest BCUT2D eigenvalue weighted by Gasteiger charge is -2.03. The minimum atomic E-state index is 0.537. The van der Waals surface area contributed by atoms with E-state index in [4.69, 9.17) is 10.7 Å². The highest BCUT2D eigenvalue weighted by Gasteiger charge is 2.24. The van der Waals surface area contributed by atoms with Crippen LogP contribution in [0.2, 0.25) is 0 Å². The van der Waals surface area contributed by atoms with E-state index in [2.05, 4.69) is 29.6 Å². The van der Waals surface area contributed by atoms with Gasteiger partial charge in [0.2, 0.25) is 0 Å². The summed E-state index contributed by atoms with van der Waals surface area (Å²) >= 11 is 1.77. The highest BCUT2D eigenvalue weighted by atomic mass is 32.1. The molecule has 0 saturated heterocycles. The van der Waals surface area contributed by atoms with Gasteiger partial charge >= 0.3 is 0 Å². The maximum absolute atomic E-state index is 5.74. The Morgan fingerprint density at radius 2 is 1.62 bits per heavy atom. The first kappa shape index (κ1) is 12.6. The molecule has 1 aliphatic carbocycles. The lowest BCUT2D eigenvalue weighted by atomic mass is 10.1. The Morgan fingerprint density at radius 1 is 0.952 bits per heavy atom. The van der Waals surface area contributed by atoms with Gasteiger partial charge in [0.05, 0.1) is 10.7 Å². The molecule has 3 heteroatoms. The molecule has 0 unspecified atom stereocenters. The second-order valence-corrected chi connectivity index (χ2v) is 6.46. The van der Waals surface area contributed by atoms with E-state index in [9.17, 15) is 0 Å². The van der Waals surface area contributed by atoms with Crippen LogP contribution in [0.1, 0.15) is 22.1 Å². The molecule has 0 bridgehead atoms. The third kappa shape index (κ3) is 2.34. The molecule has 104 valence electrons. The minimum absolute atomic E-state index is 0.537. The van der Waals surface area contributed by atoms with Crippen molar-refractivity contribution in [3.8, 4) is 11.3 Å². The molecule has 2 N–H and O–H groups in total. The van der Waals surface area contributed by atoms with Crippen LogP contribution < -0.4 is 5.73 Å². The summed E-state index contributed by atoms with van der Waals surface area (Å²) in [6, 6.07) is 16.7. The number of thiazole rings is 1. The summed E-state index contributed by atoms with van der Waals surface area (Å²) in [5, 5.41) is 3.40. The Bertz CT molecular complexity index is 749. The summed E-state index contributed by atoms with van der Waals surface area (Å²) < 4.78 is 0. The molecular weight excluding hydrogens is 276 g/mol. The topological polar surface area (TPSA) is 38.9 Å². The highest BCUT2D eigenvalue weighted by Crippen LogP contribution is 2.36. The van der Waals surface area contributed by atoms with Gasteiger partial charge in [0.1, 0.15) is 0 Å². The van der Waals surface area contributed by atoms with Crippen molar-refractivity contribution in [1.82, 2.24) is 4.98 Å². The first-order chi connectivity index (χ1) is 10.3. The summed E-state index contributed by atoms with van der Waals surface area (Å²) in [6.07, 6.45) is 2.23. The van der Waals surface area contributed by atoms with E-state index >= 15 is 0 Å². The van der Waals surface area contributed by atoms with Crippen molar-refractivity contribution in [1.29, 1.82) is 0 Å². The smallest absolute Gasteiger partial charge is 0.0970 e. The van der Waals surface area contributed by atoms with E-state index in [-0.39, 0.29) is 0 Å². The average molecular weight is 292 g/mol. The molecule has 1 aromatic heterocycles. The van der Waals surface area contributed by atoms with Crippen LogP contribution in [-0.2, 0) is 12.8 Å². The molecule has 2 aromatic carbocycles. The summed E-state index contributed by atoms with van der Waals surface area (Å²) in [4.78, 5) is 4.85. The molecule has 4 rings (SSSR count). The molecule has 0 fully saturated rings. The predicted octanol–water partition coefficient (Wildman–Crippen LogP) is 4.27. The number of aromatic nitrogens is 1. The van der Waals surface area contributed by atoms with Crippen LogP contribution in [0, 0.1) is 0 Å². The molecule has 0 amide bonds. The van der Waals surface area contributed by atoms with Crippen molar-refractivity contribution in [2.24, 2.45) is 0 Å². The van der Waals surface area contributed by atoms with Crippen molar-refractivity contribution in [3.05, 3.63) is 70.0 Å². The summed E-state index contributed by atoms with van der Waals surface area (Å²) in [7, 11) is 0. The van der Waals surface area contributed by atoms with Gasteiger partial charge in [-0.15, -0.1) is 11.3 Å². The van der Waals surface area contributed by atoms with Crippen LogP contribution in [-0.4, -0.2) is 4.98 Å². The standard InChI is InChI=1S/C18H16N2S/c19-16-7-5-12(6-8-16)17-11-21-18(20-17)15-9-13-3-1-2-4-14(13)10-15/h1-8,11,15H,9-10,19H2. The van der Waals surface area contributed by atoms with Gasteiger partial charge in [-0.25, -0.2) is 4.98 Å². The van der Waals surface area contributed by atoms with E-state index in [1.165, 1.54) is 16.1 Å². The van der Waals surface area contributed by atoms with Crippen molar-refractivity contribution < 1.29 is 0 Å². The van der Waals surface area contributed by atoms with Crippen LogP contribution in [0.15, 0.2) is 53.9 Å². The highest BCUT2D eigenvalue weighted by molar-refractivity contribution is 7.10. The fourth-order valence-corrected chi connectivity index (χ4v) is 3.93. The number of benzene rings is 2. The van der Waals surface area contributed by atoms with E-state index in [0.717, 1.165) is 29.8 Å². The third-order valence-electron chi connectivity index (χ3n) is 4.13. The Kier molecular flexibility index (Phi) is 3.00. The molecule has 1 heterocycles. The fraction of sp³-hybridized carbons (Fsp3) is 0.167. The third-order valence-corrected chi connectivity index (χ3v) is 5.14. The number of rotatable bonds is 2. The molecule has 0 saturated carbocycles. The molecule has 0 atom stereocenters. The zero-order valence-corrected chi connectivity index (χ0v) is 12.4. The largest absolute Gasteiger partial charge is 0.399 e. The van der Waals surface area contributed by atoms with Gasteiger partial charge in [-0.3, -0.25) is 0 Å². The van der Waals surface area contributed by atoms with Crippen molar-refractivity contribution in [2.45, 2.75) is 18.8 Å². The van der Waals surface area contributed by atoms with Crippen LogP contribution in [0.3, 0.4) is 0 Å². The summed E-state index contributed by atoms with van der Waals surface area (Å²) in [5.74, 6) is 0.537. The van der Waals surface area contributed by atoms with E-state index < -0.39 is 0 Å². The van der Waals surface area contributed by atoms with Crippen molar-refractivity contribution in [2.75, 3.05) is 5.73 Å². The number of hydrogen-bond acceptors (Lipinski definition) is 3. The van der Waals surface area contributed by atoms with Gasteiger partial charge in [0, 0.05) is 22.5 Å². The van der Waals surface area contributed by atoms with E-state index in [1.807, 2.05) is 24.3 Å². The van der Waals surface area contributed by atoms with E-state index in [1.54, 1.807) is 11.3 Å². The first-order valence-corrected chi connectivity index (χ1v) is 8.06. The lowest BCUT2D eigenvalue weighted by Crippen LogP contribution is -1.97. The quantitative estimate of drug-likeness (QED) is 0.716.